The molecular weight excluding hydrogens is 450 g/mol. The molecule has 6 nitrogen and oxygen atoms in total. The summed E-state index contributed by atoms with van der Waals surface area (Å²) in [5.41, 5.74) is 6.16. The van der Waals surface area contributed by atoms with Crippen molar-refractivity contribution in [1.29, 1.82) is 0 Å². The van der Waals surface area contributed by atoms with Crippen molar-refractivity contribution in [1.82, 2.24) is 14.8 Å². The predicted molar refractivity (Wildman–Crippen MR) is 140 cm³/mol. The van der Waals surface area contributed by atoms with Crippen LogP contribution in [0.1, 0.15) is 28.1 Å². The molecular formula is C30H27N3O3. The molecule has 5 rings (SSSR count). The van der Waals surface area contributed by atoms with Crippen molar-refractivity contribution in [2.24, 2.45) is 0 Å². The lowest BCUT2D eigenvalue weighted by atomic mass is 10.2. The van der Waals surface area contributed by atoms with E-state index < -0.39 is 6.03 Å². The first-order chi connectivity index (χ1) is 17.5. The molecule has 1 aromatic heterocycles. The molecule has 1 fully saturated rings. The maximum atomic E-state index is 13.0. The third-order valence-corrected chi connectivity index (χ3v) is 6.26. The molecule has 2 heterocycles. The van der Waals surface area contributed by atoms with Crippen LogP contribution in [-0.2, 0) is 17.9 Å². The second kappa shape index (κ2) is 9.96. The number of carbonyl (C=O) groups is 2. The largest absolute Gasteiger partial charge is 0.489 e. The number of benzene rings is 3. The van der Waals surface area contributed by atoms with Gasteiger partial charge < -0.3 is 14.6 Å². The number of carbonyl (C=O) groups excluding carboxylic acids is 2. The molecule has 0 atom stereocenters. The molecule has 4 aromatic rings. The average Bonchev–Trinajstić information content (AvgIpc) is 3.33. The summed E-state index contributed by atoms with van der Waals surface area (Å²) in [6.07, 6.45) is 1.75. The predicted octanol–water partition coefficient (Wildman–Crippen LogP) is 5.77. The zero-order valence-corrected chi connectivity index (χ0v) is 20.3. The fraction of sp³-hybridized carbons (Fsp3) is 0.133. The zero-order chi connectivity index (χ0) is 25.1. The van der Waals surface area contributed by atoms with E-state index in [0.29, 0.717) is 6.61 Å². The molecule has 0 unspecified atom stereocenters. The molecule has 0 saturated carbocycles. The number of rotatable bonds is 7. The highest BCUT2D eigenvalue weighted by Crippen LogP contribution is 2.26. The number of nitrogens with zero attached hydrogens (tertiary/aromatic N) is 2. The van der Waals surface area contributed by atoms with E-state index in [0.717, 1.165) is 39.5 Å². The Hall–Kier alpha value is -4.58. The van der Waals surface area contributed by atoms with Crippen LogP contribution in [-0.4, -0.2) is 21.4 Å². The maximum Gasteiger partial charge on any atom is 0.329 e. The third-order valence-electron chi connectivity index (χ3n) is 6.26. The van der Waals surface area contributed by atoms with E-state index in [9.17, 15) is 9.59 Å². The van der Waals surface area contributed by atoms with Crippen LogP contribution in [0.3, 0.4) is 0 Å². The van der Waals surface area contributed by atoms with Crippen LogP contribution in [0.5, 0.6) is 5.75 Å². The van der Waals surface area contributed by atoms with Gasteiger partial charge in [0.2, 0.25) is 0 Å². The van der Waals surface area contributed by atoms with Gasteiger partial charge in [0.25, 0.3) is 5.91 Å². The van der Waals surface area contributed by atoms with E-state index in [1.807, 2.05) is 105 Å². The van der Waals surface area contributed by atoms with Crippen LogP contribution in [0.4, 0.5) is 4.79 Å². The van der Waals surface area contributed by atoms with Crippen LogP contribution < -0.4 is 10.1 Å². The zero-order valence-electron chi connectivity index (χ0n) is 20.3. The number of nitrogens with one attached hydrogen (secondary N) is 1. The minimum absolute atomic E-state index is 0.237. The van der Waals surface area contributed by atoms with Gasteiger partial charge in [-0.15, -0.1) is 0 Å². The number of ether oxygens (including phenoxy) is 1. The minimum Gasteiger partial charge on any atom is -0.489 e. The Balaban J connectivity index is 1.33. The van der Waals surface area contributed by atoms with Crippen molar-refractivity contribution in [3.63, 3.8) is 0 Å². The summed E-state index contributed by atoms with van der Waals surface area (Å²) in [6, 6.07) is 29.1. The van der Waals surface area contributed by atoms with Gasteiger partial charge >= 0.3 is 6.03 Å². The fourth-order valence-corrected chi connectivity index (χ4v) is 4.40. The van der Waals surface area contributed by atoms with Crippen LogP contribution in [0.25, 0.3) is 11.8 Å². The Morgan fingerprint density at radius 3 is 2.14 bits per heavy atom. The summed E-state index contributed by atoms with van der Waals surface area (Å²) in [6.45, 7) is 4.77. The monoisotopic (exact) mass is 477 g/mol. The van der Waals surface area contributed by atoms with Crippen molar-refractivity contribution in [2.75, 3.05) is 0 Å². The van der Waals surface area contributed by atoms with Crippen molar-refractivity contribution in [3.05, 3.63) is 125 Å². The van der Waals surface area contributed by atoms with E-state index in [4.69, 9.17) is 4.74 Å². The van der Waals surface area contributed by atoms with E-state index >= 15 is 0 Å². The molecule has 3 aromatic carbocycles. The van der Waals surface area contributed by atoms with Gasteiger partial charge in [-0.2, -0.15) is 0 Å². The molecule has 6 heteroatoms. The lowest BCUT2D eigenvalue weighted by molar-refractivity contribution is -0.123. The number of hydrogen-bond donors (Lipinski definition) is 1. The van der Waals surface area contributed by atoms with Crippen LogP contribution in [0.15, 0.2) is 96.7 Å². The molecule has 1 aliphatic heterocycles. The first kappa shape index (κ1) is 23.2. The van der Waals surface area contributed by atoms with Gasteiger partial charge in [0.1, 0.15) is 18.1 Å². The van der Waals surface area contributed by atoms with Gasteiger partial charge in [-0.05, 0) is 66.9 Å². The number of aromatic nitrogens is 1. The van der Waals surface area contributed by atoms with E-state index in [-0.39, 0.29) is 18.1 Å². The number of urea groups is 1. The van der Waals surface area contributed by atoms with Crippen LogP contribution in [0, 0.1) is 13.8 Å². The summed E-state index contributed by atoms with van der Waals surface area (Å²) in [4.78, 5) is 26.7. The van der Waals surface area contributed by atoms with Crippen LogP contribution in [0.2, 0.25) is 0 Å². The Bertz CT molecular complexity index is 1420. The van der Waals surface area contributed by atoms with Crippen molar-refractivity contribution >= 4 is 18.0 Å². The number of imide groups is 1. The number of hydrogen-bond acceptors (Lipinski definition) is 3. The van der Waals surface area contributed by atoms with E-state index in [1.165, 1.54) is 4.90 Å². The Morgan fingerprint density at radius 1 is 0.833 bits per heavy atom. The summed E-state index contributed by atoms with van der Waals surface area (Å²) >= 11 is 0. The van der Waals surface area contributed by atoms with Crippen molar-refractivity contribution in [2.45, 2.75) is 27.0 Å². The van der Waals surface area contributed by atoms with Gasteiger partial charge in [0.15, 0.2) is 0 Å². The lowest BCUT2D eigenvalue weighted by Gasteiger charge is -2.12. The quantitative estimate of drug-likeness (QED) is 0.272. The molecule has 3 amide bonds. The number of amides is 3. The average molecular weight is 478 g/mol. The highest BCUT2D eigenvalue weighted by Gasteiger charge is 2.33. The first-order valence-corrected chi connectivity index (χ1v) is 11.8. The van der Waals surface area contributed by atoms with Gasteiger partial charge in [-0.3, -0.25) is 9.69 Å². The standard InChI is InChI=1S/C30H27N3O3/c1-21-17-25(18-28-29(34)32(30(35)31-28)19-23-9-5-3-6-10-23)22(2)33(21)26-13-15-27(16-14-26)36-20-24-11-7-4-8-12-24/h3-18H,19-20H2,1-2H3,(H,31,35)/b28-18+. The van der Waals surface area contributed by atoms with E-state index in [1.54, 1.807) is 6.08 Å². The number of aryl methyl sites for hydroxylation is 1. The minimum atomic E-state index is -0.407. The van der Waals surface area contributed by atoms with Gasteiger partial charge in [0, 0.05) is 17.1 Å². The molecule has 0 aliphatic carbocycles. The second-order valence-corrected chi connectivity index (χ2v) is 8.80. The summed E-state index contributed by atoms with van der Waals surface area (Å²) < 4.78 is 8.03. The maximum absolute atomic E-state index is 13.0. The fourth-order valence-electron chi connectivity index (χ4n) is 4.40. The molecule has 36 heavy (non-hydrogen) atoms. The smallest absolute Gasteiger partial charge is 0.329 e. The summed E-state index contributed by atoms with van der Waals surface area (Å²) in [7, 11) is 0. The molecule has 0 radical (unpaired) electrons. The van der Waals surface area contributed by atoms with Crippen molar-refractivity contribution < 1.29 is 14.3 Å². The van der Waals surface area contributed by atoms with Crippen LogP contribution >= 0.6 is 0 Å². The summed E-state index contributed by atoms with van der Waals surface area (Å²) in [5.74, 6) is 0.471. The van der Waals surface area contributed by atoms with Gasteiger partial charge in [-0.1, -0.05) is 60.7 Å². The molecule has 0 spiro atoms. The second-order valence-electron chi connectivity index (χ2n) is 8.80. The molecule has 0 bridgehead atoms. The third kappa shape index (κ3) is 4.79. The van der Waals surface area contributed by atoms with Gasteiger partial charge in [0.05, 0.1) is 6.54 Å². The Labute approximate surface area is 210 Å². The molecule has 1 saturated heterocycles. The molecule has 1 N–H and O–H groups in total. The Kier molecular flexibility index (Phi) is 6.41. The SMILES string of the molecule is Cc1cc(/C=C2/NC(=O)N(Cc3ccccc3)C2=O)c(C)n1-c1ccc(OCc2ccccc2)cc1. The normalized spacial score (nSPS) is 14.4. The van der Waals surface area contributed by atoms with Gasteiger partial charge in [-0.25, -0.2) is 4.79 Å². The lowest BCUT2D eigenvalue weighted by Crippen LogP contribution is -2.30. The van der Waals surface area contributed by atoms with E-state index in [2.05, 4.69) is 9.88 Å². The first-order valence-electron chi connectivity index (χ1n) is 11.8. The molecule has 180 valence electrons. The highest BCUT2D eigenvalue weighted by molar-refractivity contribution is 6.14. The summed E-state index contributed by atoms with van der Waals surface area (Å²) in [5, 5.41) is 2.73. The topological polar surface area (TPSA) is 63.6 Å². The molecule has 1 aliphatic rings. The highest BCUT2D eigenvalue weighted by atomic mass is 16.5. The van der Waals surface area contributed by atoms with Crippen molar-refractivity contribution in [3.8, 4) is 11.4 Å². The Morgan fingerprint density at radius 2 is 1.47 bits per heavy atom.